The van der Waals surface area contributed by atoms with E-state index in [4.69, 9.17) is 5.73 Å². The van der Waals surface area contributed by atoms with Crippen LogP contribution in [0.25, 0.3) is 0 Å². The lowest BCUT2D eigenvalue weighted by molar-refractivity contribution is -0.384. The maximum Gasteiger partial charge on any atom is 0.269 e. The van der Waals surface area contributed by atoms with Crippen molar-refractivity contribution in [1.29, 1.82) is 0 Å². The SMILES string of the molecule is CCC(NC(=O)CCc1ccccc1N)c1cccc([N+](=O)[O-])c1.Cl. The monoisotopic (exact) mass is 363 g/mol. The van der Waals surface area contributed by atoms with Crippen LogP contribution in [0.1, 0.15) is 36.9 Å². The molecule has 2 aromatic rings. The van der Waals surface area contributed by atoms with E-state index in [1.54, 1.807) is 12.1 Å². The van der Waals surface area contributed by atoms with Crippen LogP contribution in [0.15, 0.2) is 48.5 Å². The number of nitro benzene ring substituents is 1. The maximum absolute atomic E-state index is 12.2. The van der Waals surface area contributed by atoms with Crippen LogP contribution in [0.5, 0.6) is 0 Å². The van der Waals surface area contributed by atoms with Crippen molar-refractivity contribution in [3.8, 4) is 0 Å². The lowest BCUT2D eigenvalue weighted by Gasteiger charge is -2.17. The van der Waals surface area contributed by atoms with Gasteiger partial charge in [0.2, 0.25) is 5.91 Å². The lowest BCUT2D eigenvalue weighted by Crippen LogP contribution is -2.28. The summed E-state index contributed by atoms with van der Waals surface area (Å²) in [5.74, 6) is -0.100. The standard InChI is InChI=1S/C18H21N3O3.ClH/c1-2-17(14-7-5-8-15(12-14)21(23)24)20-18(22)11-10-13-6-3-4-9-16(13)19;/h3-9,12,17H,2,10-11,19H2,1H3,(H,20,22);1H. The van der Waals surface area contributed by atoms with Gasteiger partial charge in [-0.3, -0.25) is 14.9 Å². The Morgan fingerprint density at radius 3 is 2.60 bits per heavy atom. The summed E-state index contributed by atoms with van der Waals surface area (Å²) in [5.41, 5.74) is 8.25. The highest BCUT2D eigenvalue weighted by Crippen LogP contribution is 2.22. The number of aryl methyl sites for hydroxylation is 1. The van der Waals surface area contributed by atoms with Crippen molar-refractivity contribution < 1.29 is 9.72 Å². The van der Waals surface area contributed by atoms with E-state index in [-0.39, 0.29) is 30.0 Å². The number of para-hydroxylation sites is 1. The van der Waals surface area contributed by atoms with E-state index in [1.807, 2.05) is 31.2 Å². The van der Waals surface area contributed by atoms with E-state index in [0.29, 0.717) is 24.9 Å². The van der Waals surface area contributed by atoms with E-state index >= 15 is 0 Å². The Labute approximate surface area is 153 Å². The van der Waals surface area contributed by atoms with Gasteiger partial charge in [0.15, 0.2) is 0 Å². The number of hydrogen-bond donors (Lipinski definition) is 2. The molecule has 7 heteroatoms. The topological polar surface area (TPSA) is 98.3 Å². The lowest BCUT2D eigenvalue weighted by atomic mass is 10.0. The summed E-state index contributed by atoms with van der Waals surface area (Å²) in [6.07, 6.45) is 1.53. The van der Waals surface area contributed by atoms with Crippen LogP contribution in [-0.4, -0.2) is 10.8 Å². The van der Waals surface area contributed by atoms with Crippen LogP contribution in [0.4, 0.5) is 11.4 Å². The Morgan fingerprint density at radius 1 is 1.24 bits per heavy atom. The molecule has 3 N–H and O–H groups in total. The molecule has 0 heterocycles. The predicted octanol–water partition coefficient (Wildman–Crippen LogP) is 3.80. The minimum absolute atomic E-state index is 0. The Bertz CT molecular complexity index is 737. The molecule has 0 aliphatic heterocycles. The fourth-order valence-electron chi connectivity index (χ4n) is 2.55. The number of benzene rings is 2. The van der Waals surface area contributed by atoms with Gasteiger partial charge < -0.3 is 11.1 Å². The van der Waals surface area contributed by atoms with Gasteiger partial charge in [-0.05, 0) is 30.0 Å². The second-order valence-corrected chi connectivity index (χ2v) is 5.58. The third-order valence-corrected chi connectivity index (χ3v) is 3.90. The zero-order valence-corrected chi connectivity index (χ0v) is 14.8. The molecule has 0 saturated carbocycles. The second kappa shape index (κ2) is 9.64. The first-order valence-corrected chi connectivity index (χ1v) is 7.88. The first kappa shape index (κ1) is 20.4. The fraction of sp³-hybridized carbons (Fsp3) is 0.278. The van der Waals surface area contributed by atoms with Gasteiger partial charge in [0.25, 0.3) is 5.69 Å². The van der Waals surface area contributed by atoms with Crippen molar-refractivity contribution in [2.75, 3.05) is 5.73 Å². The number of carbonyl (C=O) groups is 1. The number of nitrogens with two attached hydrogens (primary N) is 1. The zero-order valence-electron chi connectivity index (χ0n) is 14.0. The third-order valence-electron chi connectivity index (χ3n) is 3.90. The van der Waals surface area contributed by atoms with Gasteiger partial charge in [0, 0.05) is 24.2 Å². The normalized spacial score (nSPS) is 11.2. The first-order chi connectivity index (χ1) is 11.5. The highest BCUT2D eigenvalue weighted by Gasteiger charge is 2.16. The van der Waals surface area contributed by atoms with Gasteiger partial charge in [-0.15, -0.1) is 12.4 Å². The molecular weight excluding hydrogens is 342 g/mol. The highest BCUT2D eigenvalue weighted by atomic mass is 35.5. The Hall–Kier alpha value is -2.60. The van der Waals surface area contributed by atoms with Gasteiger partial charge in [-0.25, -0.2) is 0 Å². The molecule has 1 unspecified atom stereocenters. The van der Waals surface area contributed by atoms with Gasteiger partial charge >= 0.3 is 0 Å². The van der Waals surface area contributed by atoms with E-state index in [1.165, 1.54) is 12.1 Å². The average Bonchev–Trinajstić information content (AvgIpc) is 2.59. The number of amides is 1. The van der Waals surface area contributed by atoms with Crippen LogP contribution in [0.3, 0.4) is 0 Å². The molecule has 2 rings (SSSR count). The number of carbonyl (C=O) groups excluding carboxylic acids is 1. The number of non-ortho nitro benzene ring substituents is 1. The Balaban J connectivity index is 0.00000312. The molecule has 0 radical (unpaired) electrons. The van der Waals surface area contributed by atoms with Gasteiger partial charge in [-0.2, -0.15) is 0 Å². The van der Waals surface area contributed by atoms with Crippen molar-refractivity contribution in [2.24, 2.45) is 0 Å². The van der Waals surface area contributed by atoms with E-state index < -0.39 is 4.92 Å². The third kappa shape index (κ3) is 5.76. The summed E-state index contributed by atoms with van der Waals surface area (Å²) in [6.45, 7) is 1.93. The van der Waals surface area contributed by atoms with Crippen molar-refractivity contribution in [3.63, 3.8) is 0 Å². The van der Waals surface area contributed by atoms with Crippen molar-refractivity contribution >= 4 is 29.7 Å². The molecule has 0 fully saturated rings. The smallest absolute Gasteiger partial charge is 0.269 e. The van der Waals surface area contributed by atoms with E-state index in [9.17, 15) is 14.9 Å². The quantitative estimate of drug-likeness (QED) is 0.444. The van der Waals surface area contributed by atoms with Gasteiger partial charge in [-0.1, -0.05) is 37.3 Å². The summed E-state index contributed by atoms with van der Waals surface area (Å²) in [6, 6.07) is 13.6. The highest BCUT2D eigenvalue weighted by molar-refractivity contribution is 5.85. The number of nitrogens with one attached hydrogen (secondary N) is 1. The summed E-state index contributed by atoms with van der Waals surface area (Å²) in [5, 5.41) is 13.8. The number of anilines is 1. The van der Waals surface area contributed by atoms with Crippen LogP contribution in [-0.2, 0) is 11.2 Å². The van der Waals surface area contributed by atoms with Crippen molar-refractivity contribution in [3.05, 3.63) is 69.8 Å². The second-order valence-electron chi connectivity index (χ2n) is 5.58. The number of halogens is 1. The van der Waals surface area contributed by atoms with Gasteiger partial charge in [0.1, 0.15) is 0 Å². The average molecular weight is 364 g/mol. The molecule has 0 aliphatic rings. The molecule has 25 heavy (non-hydrogen) atoms. The minimum Gasteiger partial charge on any atom is -0.399 e. The number of nitrogens with zero attached hydrogens (tertiary/aromatic N) is 1. The van der Waals surface area contributed by atoms with Crippen LogP contribution >= 0.6 is 12.4 Å². The molecule has 0 spiro atoms. The minimum atomic E-state index is -0.434. The largest absolute Gasteiger partial charge is 0.399 e. The van der Waals surface area contributed by atoms with Crippen molar-refractivity contribution in [2.45, 2.75) is 32.2 Å². The first-order valence-electron chi connectivity index (χ1n) is 7.88. The summed E-state index contributed by atoms with van der Waals surface area (Å²) in [7, 11) is 0. The number of nitro groups is 1. The number of hydrogen-bond acceptors (Lipinski definition) is 4. The van der Waals surface area contributed by atoms with Crippen LogP contribution < -0.4 is 11.1 Å². The maximum atomic E-state index is 12.2. The molecule has 1 amide bonds. The molecular formula is C18H22ClN3O3. The molecule has 0 bridgehead atoms. The molecule has 0 saturated heterocycles. The zero-order chi connectivity index (χ0) is 17.5. The summed E-state index contributed by atoms with van der Waals surface area (Å²) in [4.78, 5) is 22.7. The Morgan fingerprint density at radius 2 is 1.96 bits per heavy atom. The van der Waals surface area contributed by atoms with Crippen molar-refractivity contribution in [1.82, 2.24) is 5.32 Å². The molecule has 6 nitrogen and oxygen atoms in total. The van der Waals surface area contributed by atoms with Gasteiger partial charge in [0.05, 0.1) is 11.0 Å². The van der Waals surface area contributed by atoms with E-state index in [0.717, 1.165) is 11.1 Å². The summed E-state index contributed by atoms with van der Waals surface area (Å²) < 4.78 is 0. The van der Waals surface area contributed by atoms with Crippen LogP contribution in [0.2, 0.25) is 0 Å². The molecule has 134 valence electrons. The predicted molar refractivity (Wildman–Crippen MR) is 101 cm³/mol. The Kier molecular flexibility index (Phi) is 7.88. The number of nitrogen functional groups attached to an aromatic ring is 1. The van der Waals surface area contributed by atoms with Crippen LogP contribution in [0, 0.1) is 10.1 Å². The number of rotatable bonds is 7. The molecule has 2 aromatic carbocycles. The molecule has 0 aromatic heterocycles. The fourth-order valence-corrected chi connectivity index (χ4v) is 2.55. The van der Waals surface area contributed by atoms with E-state index in [2.05, 4.69) is 5.32 Å². The molecule has 0 aliphatic carbocycles. The molecule has 1 atom stereocenters. The summed E-state index contributed by atoms with van der Waals surface area (Å²) >= 11 is 0.